The summed E-state index contributed by atoms with van der Waals surface area (Å²) < 4.78 is 27.6. The lowest BCUT2D eigenvalue weighted by molar-refractivity contribution is -0.115. The number of aromatic amines is 1. The van der Waals surface area contributed by atoms with Crippen LogP contribution < -0.4 is 15.2 Å². The number of amides is 1. The zero-order chi connectivity index (χ0) is 18.7. The predicted octanol–water partition coefficient (Wildman–Crippen LogP) is 2.15. The van der Waals surface area contributed by atoms with Crippen molar-refractivity contribution in [3.63, 3.8) is 0 Å². The summed E-state index contributed by atoms with van der Waals surface area (Å²) in [5.74, 6) is 0.231. The van der Waals surface area contributed by atoms with Crippen LogP contribution in [0, 0.1) is 0 Å². The van der Waals surface area contributed by atoms with Gasteiger partial charge in [0.1, 0.15) is 5.75 Å². The maximum absolute atomic E-state index is 12.4. The van der Waals surface area contributed by atoms with E-state index >= 15 is 0 Å². The van der Waals surface area contributed by atoms with Gasteiger partial charge in [0.2, 0.25) is 15.9 Å². The molecule has 4 N–H and O–H groups in total. The van der Waals surface area contributed by atoms with E-state index in [0.29, 0.717) is 11.3 Å². The number of anilines is 1. The van der Waals surface area contributed by atoms with Gasteiger partial charge in [-0.25, -0.2) is 13.6 Å². The van der Waals surface area contributed by atoms with Gasteiger partial charge in [0.15, 0.2) is 0 Å². The molecule has 3 rings (SSSR count). The summed E-state index contributed by atoms with van der Waals surface area (Å²) in [5.41, 5.74) is 2.80. The Morgan fingerprint density at radius 1 is 1.23 bits per heavy atom. The number of methoxy groups -OCH3 is 1. The number of nitrogens with two attached hydrogens (primary N) is 1. The van der Waals surface area contributed by atoms with E-state index in [9.17, 15) is 13.2 Å². The molecule has 0 unspecified atom stereocenters. The van der Waals surface area contributed by atoms with E-state index in [2.05, 4.69) is 10.3 Å². The molecular formula is C18H19N3O4S. The maximum Gasteiger partial charge on any atom is 0.228 e. The number of sulfonamides is 1. The van der Waals surface area contributed by atoms with Gasteiger partial charge in [-0.3, -0.25) is 4.79 Å². The normalized spacial score (nSPS) is 11.5. The van der Waals surface area contributed by atoms with Crippen LogP contribution in [0.2, 0.25) is 0 Å². The molecule has 0 aliphatic carbocycles. The molecular weight excluding hydrogens is 354 g/mol. The third-order valence-corrected chi connectivity index (χ3v) is 4.64. The Morgan fingerprint density at radius 3 is 2.77 bits per heavy atom. The third kappa shape index (κ3) is 4.41. The van der Waals surface area contributed by atoms with Gasteiger partial charge < -0.3 is 15.0 Å². The van der Waals surface area contributed by atoms with E-state index in [4.69, 9.17) is 9.88 Å². The summed E-state index contributed by atoms with van der Waals surface area (Å²) in [6, 6.07) is 12.2. The molecule has 0 atom stereocenters. The minimum atomic E-state index is -3.62. The van der Waals surface area contributed by atoms with Crippen LogP contribution in [0.3, 0.4) is 0 Å². The van der Waals surface area contributed by atoms with Crippen LogP contribution in [-0.4, -0.2) is 26.4 Å². The molecule has 2 aromatic carbocycles. The molecule has 0 saturated heterocycles. The largest absolute Gasteiger partial charge is 0.497 e. The van der Waals surface area contributed by atoms with Gasteiger partial charge >= 0.3 is 0 Å². The maximum atomic E-state index is 12.4. The van der Waals surface area contributed by atoms with E-state index in [0.717, 1.165) is 22.2 Å². The number of nitrogens with one attached hydrogen (secondary N) is 2. The van der Waals surface area contributed by atoms with Crippen molar-refractivity contribution in [3.8, 4) is 5.75 Å². The number of benzene rings is 2. The van der Waals surface area contributed by atoms with Crippen LogP contribution in [0.25, 0.3) is 10.9 Å². The second-order valence-electron chi connectivity index (χ2n) is 5.96. The molecule has 1 heterocycles. The van der Waals surface area contributed by atoms with Crippen molar-refractivity contribution in [1.82, 2.24) is 4.98 Å². The topological polar surface area (TPSA) is 114 Å². The minimum absolute atomic E-state index is 0.173. The lowest BCUT2D eigenvalue weighted by Gasteiger charge is -2.07. The van der Waals surface area contributed by atoms with Crippen molar-refractivity contribution in [2.24, 2.45) is 5.14 Å². The van der Waals surface area contributed by atoms with Crippen LogP contribution in [0.1, 0.15) is 11.1 Å². The van der Waals surface area contributed by atoms with Crippen LogP contribution in [0.15, 0.2) is 48.7 Å². The summed E-state index contributed by atoms with van der Waals surface area (Å²) in [4.78, 5) is 15.5. The SMILES string of the molecule is COc1ccc2[nH]cc(CC(=O)Nc3cccc(CS(N)(=O)=O)c3)c2c1. The molecule has 26 heavy (non-hydrogen) atoms. The Kier molecular flexibility index (Phi) is 4.97. The number of carbonyl (C=O) groups excluding carboxylic acids is 1. The van der Waals surface area contributed by atoms with Gasteiger partial charge in [-0.05, 0) is 41.5 Å². The second-order valence-corrected chi connectivity index (χ2v) is 7.57. The molecule has 7 nitrogen and oxygen atoms in total. The fraction of sp³-hybridized carbons (Fsp3) is 0.167. The summed E-state index contributed by atoms with van der Waals surface area (Å²) in [7, 11) is -2.03. The monoisotopic (exact) mass is 373 g/mol. The van der Waals surface area contributed by atoms with Gasteiger partial charge in [-0.2, -0.15) is 0 Å². The van der Waals surface area contributed by atoms with E-state index in [1.165, 1.54) is 0 Å². The van der Waals surface area contributed by atoms with Crippen molar-refractivity contribution in [2.45, 2.75) is 12.2 Å². The zero-order valence-electron chi connectivity index (χ0n) is 14.2. The Bertz CT molecular complexity index is 1060. The van der Waals surface area contributed by atoms with Gasteiger partial charge in [-0.15, -0.1) is 0 Å². The minimum Gasteiger partial charge on any atom is -0.497 e. The average Bonchev–Trinajstić information content (AvgIpc) is 2.95. The number of ether oxygens (including phenoxy) is 1. The number of H-pyrrole nitrogens is 1. The van der Waals surface area contributed by atoms with Crippen LogP contribution in [0.5, 0.6) is 5.75 Å². The first-order valence-electron chi connectivity index (χ1n) is 7.87. The Labute approximate surface area is 151 Å². The average molecular weight is 373 g/mol. The van der Waals surface area contributed by atoms with E-state index in [1.54, 1.807) is 37.6 Å². The summed E-state index contributed by atoms with van der Waals surface area (Å²) in [6.45, 7) is 0. The molecule has 0 aliphatic rings. The highest BCUT2D eigenvalue weighted by Gasteiger charge is 2.11. The number of fused-ring (bicyclic) bond motifs is 1. The number of carbonyl (C=O) groups is 1. The van der Waals surface area contributed by atoms with E-state index < -0.39 is 10.0 Å². The van der Waals surface area contributed by atoms with Gasteiger partial charge in [-0.1, -0.05) is 12.1 Å². The van der Waals surface area contributed by atoms with Gasteiger partial charge in [0.05, 0.1) is 19.3 Å². The molecule has 136 valence electrons. The second kappa shape index (κ2) is 7.19. The first-order chi connectivity index (χ1) is 12.3. The summed E-state index contributed by atoms with van der Waals surface area (Å²) >= 11 is 0. The lowest BCUT2D eigenvalue weighted by atomic mass is 10.1. The molecule has 3 aromatic rings. The Hall–Kier alpha value is -2.84. The van der Waals surface area contributed by atoms with Crippen LogP contribution in [-0.2, 0) is 27.0 Å². The highest BCUT2D eigenvalue weighted by atomic mass is 32.2. The van der Waals surface area contributed by atoms with E-state index in [-0.39, 0.29) is 18.1 Å². The molecule has 8 heteroatoms. The Morgan fingerprint density at radius 2 is 2.04 bits per heavy atom. The molecule has 1 aromatic heterocycles. The first-order valence-corrected chi connectivity index (χ1v) is 9.59. The highest BCUT2D eigenvalue weighted by Crippen LogP contribution is 2.24. The molecule has 0 aliphatic heterocycles. The van der Waals surface area contributed by atoms with Crippen molar-refractivity contribution < 1.29 is 17.9 Å². The number of hydrogen-bond donors (Lipinski definition) is 3. The molecule has 0 saturated carbocycles. The van der Waals surface area contributed by atoms with Crippen molar-refractivity contribution in [3.05, 3.63) is 59.8 Å². The summed E-state index contributed by atoms with van der Waals surface area (Å²) in [6.07, 6.45) is 1.97. The molecule has 0 fully saturated rings. The molecule has 1 amide bonds. The lowest BCUT2D eigenvalue weighted by Crippen LogP contribution is -2.16. The van der Waals surface area contributed by atoms with Crippen molar-refractivity contribution in [2.75, 3.05) is 12.4 Å². The molecule has 0 radical (unpaired) electrons. The number of rotatable bonds is 6. The highest BCUT2D eigenvalue weighted by molar-refractivity contribution is 7.88. The zero-order valence-corrected chi connectivity index (χ0v) is 15.0. The van der Waals surface area contributed by atoms with E-state index in [1.807, 2.05) is 18.2 Å². The molecule has 0 bridgehead atoms. The van der Waals surface area contributed by atoms with Crippen LogP contribution in [0.4, 0.5) is 5.69 Å². The Balaban J connectivity index is 1.74. The third-order valence-electron chi connectivity index (χ3n) is 3.90. The first kappa shape index (κ1) is 18.0. The number of primary sulfonamides is 1. The standard InChI is InChI=1S/C18H19N3O4S/c1-25-15-5-6-17-16(9-15)13(10-20-17)8-18(22)21-14-4-2-3-12(7-14)11-26(19,23)24/h2-7,9-10,20H,8,11H2,1H3,(H,21,22)(H2,19,23,24). The van der Waals surface area contributed by atoms with Crippen molar-refractivity contribution in [1.29, 1.82) is 0 Å². The quantitative estimate of drug-likeness (QED) is 0.614. The van der Waals surface area contributed by atoms with Gasteiger partial charge in [0, 0.05) is 22.8 Å². The smallest absolute Gasteiger partial charge is 0.228 e. The van der Waals surface area contributed by atoms with Crippen LogP contribution >= 0.6 is 0 Å². The summed E-state index contributed by atoms with van der Waals surface area (Å²) in [5, 5.41) is 8.76. The number of hydrogen-bond acceptors (Lipinski definition) is 4. The number of aromatic nitrogens is 1. The molecule has 0 spiro atoms. The predicted molar refractivity (Wildman–Crippen MR) is 100 cm³/mol. The fourth-order valence-electron chi connectivity index (χ4n) is 2.78. The fourth-order valence-corrected chi connectivity index (χ4v) is 3.42. The van der Waals surface area contributed by atoms with Crippen molar-refractivity contribution >= 4 is 32.5 Å². The van der Waals surface area contributed by atoms with Gasteiger partial charge in [0.25, 0.3) is 0 Å².